The van der Waals surface area contributed by atoms with Gasteiger partial charge in [0.15, 0.2) is 0 Å². The number of piperidine rings is 1. The van der Waals surface area contributed by atoms with E-state index in [0.29, 0.717) is 6.42 Å². The largest absolute Gasteiger partial charge is 0.379 e. The Kier molecular flexibility index (Phi) is 11.3. The number of halogens is 1. The van der Waals surface area contributed by atoms with E-state index in [9.17, 15) is 4.79 Å². The Morgan fingerprint density at radius 1 is 1.37 bits per heavy atom. The number of nitrogens with one attached hydrogen (secondary N) is 2. The van der Waals surface area contributed by atoms with Crippen molar-refractivity contribution in [3.8, 4) is 0 Å². The summed E-state index contributed by atoms with van der Waals surface area (Å²) in [4.78, 5) is 11.6. The molecule has 1 fully saturated rings. The normalized spacial score (nSPS) is 16.2. The van der Waals surface area contributed by atoms with Gasteiger partial charge in [0.05, 0.1) is 6.10 Å². The van der Waals surface area contributed by atoms with E-state index < -0.39 is 0 Å². The van der Waals surface area contributed by atoms with Crippen molar-refractivity contribution in [1.82, 2.24) is 10.6 Å². The fourth-order valence-electron chi connectivity index (χ4n) is 2.21. The number of ether oxygens (including phenoxy) is 1. The van der Waals surface area contributed by atoms with Crippen molar-refractivity contribution in [2.75, 3.05) is 26.2 Å². The molecular weight excluding hydrogens is 264 g/mol. The molecular formula is C14H29ClN2O2. The van der Waals surface area contributed by atoms with Crippen LogP contribution in [0.3, 0.4) is 0 Å². The van der Waals surface area contributed by atoms with Crippen molar-refractivity contribution >= 4 is 18.3 Å². The fraction of sp³-hybridized carbons (Fsp3) is 0.929. The summed E-state index contributed by atoms with van der Waals surface area (Å²) in [5.41, 5.74) is 0. The standard InChI is InChI=1S/C14H28N2O2.ClH/c1-12(2)18-11-3-8-16-14(17)5-4-13-6-9-15-10-7-13;/h12-13,15H,3-11H2,1-2H3,(H,16,17);1H. The molecule has 1 saturated heterocycles. The Labute approximate surface area is 123 Å². The molecule has 0 atom stereocenters. The van der Waals surface area contributed by atoms with Gasteiger partial charge in [0.25, 0.3) is 0 Å². The molecule has 1 aliphatic rings. The summed E-state index contributed by atoms with van der Waals surface area (Å²) in [6.07, 6.45) is 5.33. The lowest BCUT2D eigenvalue weighted by molar-refractivity contribution is -0.121. The molecule has 0 saturated carbocycles. The van der Waals surface area contributed by atoms with Gasteiger partial charge in [-0.2, -0.15) is 0 Å². The van der Waals surface area contributed by atoms with Crippen LogP contribution in [0.1, 0.15) is 46.0 Å². The van der Waals surface area contributed by atoms with Crippen LogP contribution in [-0.2, 0) is 9.53 Å². The minimum atomic E-state index is 0. The van der Waals surface area contributed by atoms with Crippen LogP contribution in [0.4, 0.5) is 0 Å². The third kappa shape index (κ3) is 10.2. The Balaban J connectivity index is 0.00000324. The summed E-state index contributed by atoms with van der Waals surface area (Å²) in [6, 6.07) is 0. The fourth-order valence-corrected chi connectivity index (χ4v) is 2.21. The SMILES string of the molecule is CC(C)OCCCNC(=O)CCC1CCNCC1.Cl. The van der Waals surface area contributed by atoms with E-state index in [1.807, 2.05) is 13.8 Å². The first-order valence-electron chi connectivity index (χ1n) is 7.27. The van der Waals surface area contributed by atoms with Gasteiger partial charge < -0.3 is 15.4 Å². The van der Waals surface area contributed by atoms with Crippen LogP contribution in [0.15, 0.2) is 0 Å². The molecule has 1 rings (SSSR count). The van der Waals surface area contributed by atoms with Crippen LogP contribution in [0.5, 0.6) is 0 Å². The molecule has 114 valence electrons. The molecule has 0 radical (unpaired) electrons. The predicted molar refractivity (Wildman–Crippen MR) is 80.8 cm³/mol. The molecule has 4 nitrogen and oxygen atoms in total. The number of rotatable bonds is 8. The van der Waals surface area contributed by atoms with Crippen LogP contribution < -0.4 is 10.6 Å². The van der Waals surface area contributed by atoms with Gasteiger partial charge >= 0.3 is 0 Å². The molecule has 0 bridgehead atoms. The second kappa shape index (κ2) is 11.5. The van der Waals surface area contributed by atoms with Crippen LogP contribution in [0, 0.1) is 5.92 Å². The maximum atomic E-state index is 11.6. The molecule has 5 heteroatoms. The minimum absolute atomic E-state index is 0. The van der Waals surface area contributed by atoms with E-state index in [1.165, 1.54) is 12.8 Å². The van der Waals surface area contributed by atoms with E-state index in [4.69, 9.17) is 4.74 Å². The Morgan fingerprint density at radius 3 is 2.68 bits per heavy atom. The van der Waals surface area contributed by atoms with E-state index in [0.717, 1.165) is 45.0 Å². The molecule has 0 aromatic carbocycles. The lowest BCUT2D eigenvalue weighted by Crippen LogP contribution is -2.30. The average Bonchev–Trinajstić information content (AvgIpc) is 2.37. The smallest absolute Gasteiger partial charge is 0.220 e. The quantitative estimate of drug-likeness (QED) is 0.674. The lowest BCUT2D eigenvalue weighted by Gasteiger charge is -2.22. The number of carbonyl (C=O) groups is 1. The molecule has 2 N–H and O–H groups in total. The first-order chi connectivity index (χ1) is 8.68. The second-order valence-electron chi connectivity index (χ2n) is 5.36. The maximum Gasteiger partial charge on any atom is 0.220 e. The highest BCUT2D eigenvalue weighted by molar-refractivity contribution is 5.85. The Hall–Kier alpha value is -0.320. The van der Waals surface area contributed by atoms with Crippen LogP contribution in [0.25, 0.3) is 0 Å². The molecule has 0 aromatic rings. The van der Waals surface area contributed by atoms with Gasteiger partial charge in [-0.3, -0.25) is 4.79 Å². The van der Waals surface area contributed by atoms with Crippen LogP contribution in [0.2, 0.25) is 0 Å². The van der Waals surface area contributed by atoms with Gasteiger partial charge in [0, 0.05) is 19.6 Å². The maximum absolute atomic E-state index is 11.6. The highest BCUT2D eigenvalue weighted by Crippen LogP contribution is 2.17. The van der Waals surface area contributed by atoms with Gasteiger partial charge in [-0.05, 0) is 58.5 Å². The molecule has 19 heavy (non-hydrogen) atoms. The first-order valence-corrected chi connectivity index (χ1v) is 7.27. The van der Waals surface area contributed by atoms with Gasteiger partial charge in [-0.1, -0.05) is 0 Å². The van der Waals surface area contributed by atoms with Crippen molar-refractivity contribution in [2.24, 2.45) is 5.92 Å². The Bertz CT molecular complexity index is 231. The third-order valence-corrected chi connectivity index (χ3v) is 3.33. The van der Waals surface area contributed by atoms with Crippen molar-refractivity contribution < 1.29 is 9.53 Å². The zero-order chi connectivity index (χ0) is 13.2. The topological polar surface area (TPSA) is 50.4 Å². The van der Waals surface area contributed by atoms with Gasteiger partial charge in [-0.15, -0.1) is 12.4 Å². The molecule has 1 heterocycles. The van der Waals surface area contributed by atoms with Crippen molar-refractivity contribution in [2.45, 2.75) is 52.1 Å². The zero-order valence-corrected chi connectivity index (χ0v) is 13.1. The van der Waals surface area contributed by atoms with Gasteiger partial charge in [0.2, 0.25) is 5.91 Å². The summed E-state index contributed by atoms with van der Waals surface area (Å²) in [6.45, 7) is 7.73. The average molecular weight is 293 g/mol. The molecule has 0 aromatic heterocycles. The number of amides is 1. The minimum Gasteiger partial charge on any atom is -0.379 e. The van der Waals surface area contributed by atoms with E-state index in [2.05, 4.69) is 10.6 Å². The van der Waals surface area contributed by atoms with E-state index in [-0.39, 0.29) is 24.4 Å². The van der Waals surface area contributed by atoms with Crippen LogP contribution >= 0.6 is 12.4 Å². The molecule has 0 spiro atoms. The summed E-state index contributed by atoms with van der Waals surface area (Å²) in [7, 11) is 0. The predicted octanol–water partition coefficient (Wildman–Crippen LogP) is 2.12. The van der Waals surface area contributed by atoms with E-state index in [1.54, 1.807) is 0 Å². The summed E-state index contributed by atoms with van der Waals surface area (Å²) >= 11 is 0. The molecule has 0 aliphatic carbocycles. The summed E-state index contributed by atoms with van der Waals surface area (Å²) in [5.74, 6) is 0.930. The summed E-state index contributed by atoms with van der Waals surface area (Å²) in [5, 5.41) is 6.31. The highest BCUT2D eigenvalue weighted by Gasteiger charge is 2.14. The van der Waals surface area contributed by atoms with Crippen molar-refractivity contribution in [3.05, 3.63) is 0 Å². The molecule has 1 aliphatic heterocycles. The highest BCUT2D eigenvalue weighted by atomic mass is 35.5. The van der Waals surface area contributed by atoms with Crippen LogP contribution in [-0.4, -0.2) is 38.3 Å². The lowest BCUT2D eigenvalue weighted by atomic mass is 9.93. The monoisotopic (exact) mass is 292 g/mol. The first kappa shape index (κ1) is 18.7. The zero-order valence-electron chi connectivity index (χ0n) is 12.2. The molecule has 0 unspecified atom stereocenters. The third-order valence-electron chi connectivity index (χ3n) is 3.33. The van der Waals surface area contributed by atoms with Crippen molar-refractivity contribution in [3.63, 3.8) is 0 Å². The second-order valence-corrected chi connectivity index (χ2v) is 5.36. The van der Waals surface area contributed by atoms with Crippen molar-refractivity contribution in [1.29, 1.82) is 0 Å². The molecule has 1 amide bonds. The van der Waals surface area contributed by atoms with E-state index >= 15 is 0 Å². The number of hydrogen-bond donors (Lipinski definition) is 2. The Morgan fingerprint density at radius 2 is 2.05 bits per heavy atom. The van der Waals surface area contributed by atoms with Gasteiger partial charge in [0.1, 0.15) is 0 Å². The number of hydrogen-bond acceptors (Lipinski definition) is 3. The van der Waals surface area contributed by atoms with Gasteiger partial charge in [-0.25, -0.2) is 0 Å². The number of carbonyl (C=O) groups excluding carboxylic acids is 1. The summed E-state index contributed by atoms with van der Waals surface area (Å²) < 4.78 is 5.42.